The number of nitrogens with zero attached hydrogens (tertiary/aromatic N) is 1. The molecule has 0 fully saturated rings. The van der Waals surface area contributed by atoms with Crippen LogP contribution in [0.3, 0.4) is 0 Å². The van der Waals surface area contributed by atoms with E-state index in [2.05, 4.69) is 25.7 Å². The number of carbonyl (C=O) groups excluding carboxylic acids is 1. The van der Waals surface area contributed by atoms with Gasteiger partial charge in [0.05, 0.1) is 11.6 Å². The Labute approximate surface area is 125 Å². The van der Waals surface area contributed by atoms with Gasteiger partial charge in [0.15, 0.2) is 5.78 Å². The Morgan fingerprint density at radius 2 is 1.89 bits per heavy atom. The lowest BCUT2D eigenvalue weighted by Gasteiger charge is -2.25. The van der Waals surface area contributed by atoms with Crippen LogP contribution in [0.1, 0.15) is 37.6 Å². The molecular formula is C15H21Cl2NO. The van der Waals surface area contributed by atoms with Gasteiger partial charge in [0.25, 0.3) is 0 Å². The number of hydrogen-bond donors (Lipinski definition) is 0. The van der Waals surface area contributed by atoms with E-state index >= 15 is 0 Å². The highest BCUT2D eigenvalue weighted by Crippen LogP contribution is 2.21. The third-order valence-corrected chi connectivity index (χ3v) is 3.75. The first-order chi connectivity index (χ1) is 8.81. The summed E-state index contributed by atoms with van der Waals surface area (Å²) >= 11 is 11.9. The number of rotatable bonds is 6. The van der Waals surface area contributed by atoms with Crippen LogP contribution >= 0.6 is 23.2 Å². The van der Waals surface area contributed by atoms with E-state index in [0.717, 1.165) is 6.42 Å². The van der Waals surface area contributed by atoms with Crippen LogP contribution in [-0.2, 0) is 0 Å². The molecule has 1 aromatic carbocycles. The van der Waals surface area contributed by atoms with E-state index in [0.29, 0.717) is 34.1 Å². The SMILES string of the molecule is CC(C)CC(C)N(C)CC(=O)c1cc(Cl)ccc1Cl. The first-order valence-electron chi connectivity index (χ1n) is 6.49. The van der Waals surface area contributed by atoms with E-state index in [9.17, 15) is 4.79 Å². The number of ketones is 1. The maximum Gasteiger partial charge on any atom is 0.178 e. The Morgan fingerprint density at radius 3 is 2.47 bits per heavy atom. The highest BCUT2D eigenvalue weighted by atomic mass is 35.5. The number of likely N-dealkylation sites (N-methyl/N-ethyl adjacent to an activating group) is 1. The van der Waals surface area contributed by atoms with Gasteiger partial charge in [-0.15, -0.1) is 0 Å². The summed E-state index contributed by atoms with van der Waals surface area (Å²) in [6, 6.07) is 5.34. The van der Waals surface area contributed by atoms with Gasteiger partial charge in [0.2, 0.25) is 0 Å². The zero-order chi connectivity index (χ0) is 14.6. The first-order valence-corrected chi connectivity index (χ1v) is 7.25. The Kier molecular flexibility index (Phi) is 6.31. The summed E-state index contributed by atoms with van der Waals surface area (Å²) in [5.41, 5.74) is 0.498. The predicted molar refractivity (Wildman–Crippen MR) is 82.3 cm³/mol. The lowest BCUT2D eigenvalue weighted by molar-refractivity contribution is 0.0916. The van der Waals surface area contributed by atoms with E-state index < -0.39 is 0 Å². The summed E-state index contributed by atoms with van der Waals surface area (Å²) in [6.07, 6.45) is 1.06. The number of Topliss-reactive ketones (excluding diaryl/α,β-unsaturated/α-hetero) is 1. The molecule has 0 N–H and O–H groups in total. The molecule has 1 unspecified atom stereocenters. The summed E-state index contributed by atoms with van der Waals surface area (Å²) in [4.78, 5) is 14.3. The van der Waals surface area contributed by atoms with Crippen molar-refractivity contribution in [2.75, 3.05) is 13.6 Å². The first kappa shape index (κ1) is 16.5. The summed E-state index contributed by atoms with van der Waals surface area (Å²) < 4.78 is 0. The van der Waals surface area contributed by atoms with E-state index in [1.807, 2.05) is 7.05 Å². The fraction of sp³-hybridized carbons (Fsp3) is 0.533. The molecule has 1 rings (SSSR count). The quantitative estimate of drug-likeness (QED) is 0.719. The van der Waals surface area contributed by atoms with Crippen LogP contribution < -0.4 is 0 Å². The predicted octanol–water partition coefficient (Wildman–Crippen LogP) is 4.54. The molecule has 0 aliphatic heterocycles. The molecule has 0 aliphatic rings. The Morgan fingerprint density at radius 1 is 1.26 bits per heavy atom. The molecule has 0 amide bonds. The second-order valence-corrected chi connectivity index (χ2v) is 6.28. The van der Waals surface area contributed by atoms with Crippen molar-refractivity contribution in [3.63, 3.8) is 0 Å². The van der Waals surface area contributed by atoms with Crippen LogP contribution in [0.2, 0.25) is 10.0 Å². The fourth-order valence-corrected chi connectivity index (χ4v) is 2.44. The molecule has 0 spiro atoms. The zero-order valence-electron chi connectivity index (χ0n) is 11.9. The third kappa shape index (κ3) is 5.13. The van der Waals surface area contributed by atoms with Gasteiger partial charge in [0, 0.05) is 16.6 Å². The molecule has 0 saturated carbocycles. The van der Waals surface area contributed by atoms with Gasteiger partial charge in [-0.05, 0) is 44.5 Å². The molecule has 0 saturated heterocycles. The van der Waals surface area contributed by atoms with E-state index in [-0.39, 0.29) is 5.78 Å². The number of hydrogen-bond acceptors (Lipinski definition) is 2. The average Bonchev–Trinajstić information content (AvgIpc) is 2.31. The number of halogens is 2. The lowest BCUT2D eigenvalue weighted by Crippen LogP contribution is -2.34. The van der Waals surface area contributed by atoms with Gasteiger partial charge in [-0.2, -0.15) is 0 Å². The van der Waals surface area contributed by atoms with Crippen molar-refractivity contribution < 1.29 is 4.79 Å². The summed E-state index contributed by atoms with van der Waals surface area (Å²) in [7, 11) is 1.96. The molecule has 4 heteroatoms. The monoisotopic (exact) mass is 301 g/mol. The lowest BCUT2D eigenvalue weighted by atomic mass is 10.0. The van der Waals surface area contributed by atoms with Crippen molar-refractivity contribution in [1.82, 2.24) is 4.90 Å². The maximum atomic E-state index is 12.2. The minimum Gasteiger partial charge on any atom is -0.296 e. The number of carbonyl (C=O) groups is 1. The highest BCUT2D eigenvalue weighted by Gasteiger charge is 2.17. The summed E-state index contributed by atoms with van der Waals surface area (Å²) in [5.74, 6) is 0.618. The van der Waals surface area contributed by atoms with Gasteiger partial charge in [-0.3, -0.25) is 9.69 Å². The second kappa shape index (κ2) is 7.28. The van der Waals surface area contributed by atoms with Crippen molar-refractivity contribution in [2.24, 2.45) is 5.92 Å². The smallest absolute Gasteiger partial charge is 0.178 e. The molecule has 0 radical (unpaired) electrons. The second-order valence-electron chi connectivity index (χ2n) is 5.44. The third-order valence-electron chi connectivity index (χ3n) is 3.19. The van der Waals surface area contributed by atoms with Gasteiger partial charge >= 0.3 is 0 Å². The normalized spacial score (nSPS) is 13.1. The molecule has 0 aromatic heterocycles. The minimum atomic E-state index is 0.00519. The van der Waals surface area contributed by atoms with Crippen molar-refractivity contribution in [1.29, 1.82) is 0 Å². The molecule has 1 atom stereocenters. The molecule has 0 heterocycles. The van der Waals surface area contributed by atoms with Gasteiger partial charge in [-0.1, -0.05) is 37.0 Å². The van der Waals surface area contributed by atoms with Gasteiger partial charge in [0.1, 0.15) is 0 Å². The summed E-state index contributed by atoms with van der Waals surface area (Å²) in [5, 5.41) is 0.991. The van der Waals surface area contributed by atoms with Crippen LogP contribution in [0.25, 0.3) is 0 Å². The molecule has 2 nitrogen and oxygen atoms in total. The molecule has 106 valence electrons. The Hall–Kier alpha value is -0.570. The maximum absolute atomic E-state index is 12.2. The average molecular weight is 302 g/mol. The van der Waals surface area contributed by atoms with E-state index in [4.69, 9.17) is 23.2 Å². The van der Waals surface area contributed by atoms with Gasteiger partial charge in [-0.25, -0.2) is 0 Å². The van der Waals surface area contributed by atoms with Crippen molar-refractivity contribution in [3.05, 3.63) is 33.8 Å². The van der Waals surface area contributed by atoms with Crippen LogP contribution in [-0.4, -0.2) is 30.3 Å². The molecule has 19 heavy (non-hydrogen) atoms. The summed E-state index contributed by atoms with van der Waals surface area (Å²) in [6.45, 7) is 6.85. The van der Waals surface area contributed by atoms with Crippen molar-refractivity contribution in [2.45, 2.75) is 33.2 Å². The van der Waals surface area contributed by atoms with Crippen LogP contribution in [0.5, 0.6) is 0 Å². The largest absolute Gasteiger partial charge is 0.296 e. The van der Waals surface area contributed by atoms with Crippen LogP contribution in [0.15, 0.2) is 18.2 Å². The molecule has 0 bridgehead atoms. The molecule has 1 aromatic rings. The topological polar surface area (TPSA) is 20.3 Å². The Bertz CT molecular complexity index is 446. The van der Waals surface area contributed by atoms with E-state index in [1.54, 1.807) is 18.2 Å². The van der Waals surface area contributed by atoms with Crippen LogP contribution in [0.4, 0.5) is 0 Å². The molecule has 0 aliphatic carbocycles. The zero-order valence-corrected chi connectivity index (χ0v) is 13.4. The molecular weight excluding hydrogens is 281 g/mol. The fourth-order valence-electron chi connectivity index (χ4n) is 2.04. The van der Waals surface area contributed by atoms with E-state index in [1.165, 1.54) is 0 Å². The standard InChI is InChI=1S/C15H21Cl2NO/c1-10(2)7-11(3)18(4)9-15(19)13-8-12(16)5-6-14(13)17/h5-6,8,10-11H,7,9H2,1-4H3. The highest BCUT2D eigenvalue weighted by molar-refractivity contribution is 6.36. The van der Waals surface area contributed by atoms with Crippen molar-refractivity contribution >= 4 is 29.0 Å². The van der Waals surface area contributed by atoms with Crippen molar-refractivity contribution in [3.8, 4) is 0 Å². The minimum absolute atomic E-state index is 0.00519. The van der Waals surface area contributed by atoms with Crippen LogP contribution in [0, 0.1) is 5.92 Å². The Balaban J connectivity index is 2.71. The van der Waals surface area contributed by atoms with Gasteiger partial charge < -0.3 is 0 Å². The number of benzene rings is 1.